The fraction of sp³-hybridized carbons (Fsp3) is 0.308. The number of Topliss-reactive ketones (excluding diaryl/α,β-unsaturated/α-hetero) is 1. The summed E-state index contributed by atoms with van der Waals surface area (Å²) in [5.41, 5.74) is 0.553. The molecule has 0 bridgehead atoms. The van der Waals surface area contributed by atoms with Crippen molar-refractivity contribution in [2.24, 2.45) is 0 Å². The Bertz CT molecular complexity index is 595. The second-order valence-corrected chi connectivity index (χ2v) is 4.89. The highest BCUT2D eigenvalue weighted by atomic mass is 79.9. The van der Waals surface area contributed by atoms with Gasteiger partial charge in [-0.15, -0.1) is 0 Å². The lowest BCUT2D eigenvalue weighted by Crippen LogP contribution is -2.08. The van der Waals surface area contributed by atoms with Crippen LogP contribution in [0.4, 0.5) is 0 Å². The highest BCUT2D eigenvalue weighted by Crippen LogP contribution is 2.24. The van der Waals surface area contributed by atoms with Gasteiger partial charge in [-0.2, -0.15) is 5.10 Å². The van der Waals surface area contributed by atoms with Crippen molar-refractivity contribution in [1.29, 1.82) is 0 Å². The second kappa shape index (κ2) is 5.97. The van der Waals surface area contributed by atoms with Gasteiger partial charge in [0.25, 0.3) is 0 Å². The second-order valence-electron chi connectivity index (χ2n) is 3.98. The Morgan fingerprint density at radius 2 is 2.26 bits per heavy atom. The topological polar surface area (TPSA) is 57.0 Å². The normalized spacial score (nSPS) is 10.5. The van der Waals surface area contributed by atoms with Gasteiger partial charge in [0.2, 0.25) is 0 Å². The van der Waals surface area contributed by atoms with Crippen LogP contribution < -0.4 is 4.74 Å². The summed E-state index contributed by atoms with van der Waals surface area (Å²) in [6, 6.07) is 5.36. The quantitative estimate of drug-likeness (QED) is 0.794. The van der Waals surface area contributed by atoms with Crippen molar-refractivity contribution in [2.45, 2.75) is 27.0 Å². The number of aryl methyl sites for hydroxylation is 1. The molecule has 0 spiro atoms. The van der Waals surface area contributed by atoms with Crippen LogP contribution in [-0.4, -0.2) is 20.5 Å². The molecular weight excluding hydrogens is 310 g/mol. The fourth-order valence-electron chi connectivity index (χ4n) is 1.71. The molecule has 0 N–H and O–H groups in total. The molecule has 0 saturated heterocycles. The van der Waals surface area contributed by atoms with Gasteiger partial charge in [0.05, 0.1) is 5.56 Å². The minimum atomic E-state index is -0.0340. The molecule has 0 unspecified atom stereocenters. The third kappa shape index (κ3) is 3.20. The molecule has 2 rings (SSSR count). The van der Waals surface area contributed by atoms with Crippen molar-refractivity contribution in [3.05, 3.63) is 40.4 Å². The molecule has 5 nitrogen and oxygen atoms in total. The van der Waals surface area contributed by atoms with Crippen molar-refractivity contribution in [3.8, 4) is 5.75 Å². The summed E-state index contributed by atoms with van der Waals surface area (Å²) in [6.07, 6.45) is 1.50. The van der Waals surface area contributed by atoms with Crippen LogP contribution >= 0.6 is 15.9 Å². The Hall–Kier alpha value is -1.69. The SMILES string of the molecule is CCn1ncnc1COc1ccc(Br)cc1C(C)=O. The van der Waals surface area contributed by atoms with E-state index in [1.165, 1.54) is 13.3 Å². The first-order valence-corrected chi connectivity index (χ1v) is 6.71. The van der Waals surface area contributed by atoms with Gasteiger partial charge in [-0.3, -0.25) is 4.79 Å². The van der Waals surface area contributed by atoms with Crippen LogP contribution in [0.15, 0.2) is 29.0 Å². The van der Waals surface area contributed by atoms with E-state index in [9.17, 15) is 4.79 Å². The molecular formula is C13H14BrN3O2. The molecule has 19 heavy (non-hydrogen) atoms. The number of carbonyl (C=O) groups is 1. The molecule has 0 fully saturated rings. The first kappa shape index (κ1) is 13.7. The average Bonchev–Trinajstić information content (AvgIpc) is 2.84. The van der Waals surface area contributed by atoms with E-state index in [1.807, 2.05) is 13.0 Å². The Morgan fingerprint density at radius 1 is 1.47 bits per heavy atom. The molecule has 1 aromatic carbocycles. The molecule has 6 heteroatoms. The molecule has 2 aromatic rings. The van der Waals surface area contributed by atoms with E-state index in [0.717, 1.165) is 16.8 Å². The van der Waals surface area contributed by atoms with Crippen LogP contribution in [0.3, 0.4) is 0 Å². The van der Waals surface area contributed by atoms with Crippen LogP contribution in [0, 0.1) is 0 Å². The van der Waals surface area contributed by atoms with Crippen LogP contribution in [0.1, 0.15) is 30.0 Å². The maximum absolute atomic E-state index is 11.6. The van der Waals surface area contributed by atoms with Gasteiger partial charge in [-0.25, -0.2) is 9.67 Å². The number of hydrogen-bond donors (Lipinski definition) is 0. The lowest BCUT2D eigenvalue weighted by atomic mass is 10.1. The molecule has 100 valence electrons. The summed E-state index contributed by atoms with van der Waals surface area (Å²) in [6.45, 7) is 4.52. The minimum absolute atomic E-state index is 0.0340. The number of nitrogens with zero attached hydrogens (tertiary/aromatic N) is 3. The Morgan fingerprint density at radius 3 is 2.95 bits per heavy atom. The number of benzene rings is 1. The Balaban J connectivity index is 2.18. The number of aromatic nitrogens is 3. The van der Waals surface area contributed by atoms with E-state index in [4.69, 9.17) is 4.74 Å². The molecule has 1 aromatic heterocycles. The monoisotopic (exact) mass is 323 g/mol. The Labute approximate surface area is 119 Å². The zero-order valence-corrected chi connectivity index (χ0v) is 12.3. The Kier molecular flexibility index (Phi) is 4.31. The molecule has 1 heterocycles. The molecule has 0 aliphatic rings. The predicted molar refractivity (Wildman–Crippen MR) is 74.2 cm³/mol. The highest BCUT2D eigenvalue weighted by Gasteiger charge is 2.11. The van der Waals surface area contributed by atoms with Gasteiger partial charge in [0, 0.05) is 11.0 Å². The summed E-state index contributed by atoms with van der Waals surface area (Å²) >= 11 is 3.34. The number of rotatable bonds is 5. The summed E-state index contributed by atoms with van der Waals surface area (Å²) in [5, 5.41) is 4.07. The lowest BCUT2D eigenvalue weighted by molar-refractivity contribution is 0.101. The fourth-order valence-corrected chi connectivity index (χ4v) is 2.07. The minimum Gasteiger partial charge on any atom is -0.485 e. The number of hydrogen-bond acceptors (Lipinski definition) is 4. The van der Waals surface area contributed by atoms with Gasteiger partial charge in [0.15, 0.2) is 11.6 Å². The predicted octanol–water partition coefficient (Wildman–Crippen LogP) is 2.84. The van der Waals surface area contributed by atoms with E-state index in [2.05, 4.69) is 26.0 Å². The summed E-state index contributed by atoms with van der Waals surface area (Å²) in [5.74, 6) is 1.26. The van der Waals surface area contributed by atoms with E-state index in [1.54, 1.807) is 16.8 Å². The zero-order valence-electron chi connectivity index (χ0n) is 10.8. The van der Waals surface area contributed by atoms with E-state index >= 15 is 0 Å². The van der Waals surface area contributed by atoms with Crippen molar-refractivity contribution in [1.82, 2.24) is 14.8 Å². The summed E-state index contributed by atoms with van der Waals surface area (Å²) in [4.78, 5) is 15.7. The van der Waals surface area contributed by atoms with Crippen molar-refractivity contribution >= 4 is 21.7 Å². The largest absolute Gasteiger partial charge is 0.485 e. The standard InChI is InChI=1S/C13H14BrN3O2/c1-3-17-13(15-8-16-17)7-19-12-5-4-10(14)6-11(12)9(2)18/h4-6,8H,3,7H2,1-2H3. The van der Waals surface area contributed by atoms with Crippen LogP contribution in [0.5, 0.6) is 5.75 Å². The molecule has 0 atom stereocenters. The van der Waals surface area contributed by atoms with Crippen molar-refractivity contribution in [2.75, 3.05) is 0 Å². The molecule has 0 radical (unpaired) electrons. The highest BCUT2D eigenvalue weighted by molar-refractivity contribution is 9.10. The van der Waals surface area contributed by atoms with Gasteiger partial charge in [0.1, 0.15) is 18.7 Å². The number of carbonyl (C=O) groups excluding carboxylic acids is 1. The van der Waals surface area contributed by atoms with Gasteiger partial charge in [-0.05, 0) is 32.0 Å². The summed E-state index contributed by atoms with van der Waals surface area (Å²) < 4.78 is 8.28. The molecule has 0 amide bonds. The van der Waals surface area contributed by atoms with Gasteiger partial charge >= 0.3 is 0 Å². The van der Waals surface area contributed by atoms with E-state index in [0.29, 0.717) is 11.3 Å². The van der Waals surface area contributed by atoms with Gasteiger partial charge < -0.3 is 4.74 Å². The number of ether oxygens (including phenoxy) is 1. The first-order valence-electron chi connectivity index (χ1n) is 5.91. The van der Waals surface area contributed by atoms with Gasteiger partial charge in [-0.1, -0.05) is 15.9 Å². The van der Waals surface area contributed by atoms with Crippen LogP contribution in [0.25, 0.3) is 0 Å². The molecule has 0 aliphatic heterocycles. The average molecular weight is 324 g/mol. The maximum atomic E-state index is 11.6. The smallest absolute Gasteiger partial charge is 0.164 e. The van der Waals surface area contributed by atoms with Crippen molar-refractivity contribution in [3.63, 3.8) is 0 Å². The zero-order chi connectivity index (χ0) is 13.8. The third-order valence-corrected chi connectivity index (χ3v) is 3.17. The lowest BCUT2D eigenvalue weighted by Gasteiger charge is -2.10. The van der Waals surface area contributed by atoms with Crippen molar-refractivity contribution < 1.29 is 9.53 Å². The summed E-state index contributed by atoms with van der Waals surface area (Å²) in [7, 11) is 0. The van der Waals surface area contributed by atoms with E-state index in [-0.39, 0.29) is 12.4 Å². The number of halogens is 1. The van der Waals surface area contributed by atoms with Crippen LogP contribution in [-0.2, 0) is 13.2 Å². The van der Waals surface area contributed by atoms with E-state index < -0.39 is 0 Å². The number of ketones is 1. The maximum Gasteiger partial charge on any atom is 0.164 e. The first-order chi connectivity index (χ1) is 9.11. The molecule has 0 saturated carbocycles. The third-order valence-electron chi connectivity index (χ3n) is 2.67. The van der Waals surface area contributed by atoms with Crippen LogP contribution in [0.2, 0.25) is 0 Å². The molecule has 0 aliphatic carbocycles.